The summed E-state index contributed by atoms with van der Waals surface area (Å²) in [4.78, 5) is 0. The van der Waals surface area contributed by atoms with Crippen molar-refractivity contribution in [2.45, 2.75) is 32.6 Å². The van der Waals surface area contributed by atoms with Gasteiger partial charge in [-0.2, -0.15) is 0 Å². The lowest BCUT2D eigenvalue weighted by Gasteiger charge is -2.18. The van der Waals surface area contributed by atoms with Crippen LogP contribution in [0.15, 0.2) is 34.9 Å². The second-order valence-electron chi connectivity index (χ2n) is 3.48. The summed E-state index contributed by atoms with van der Waals surface area (Å²) in [6.07, 6.45) is 12.0. The van der Waals surface area contributed by atoms with Crippen LogP contribution in [0.25, 0.3) is 0 Å². The van der Waals surface area contributed by atoms with Crippen molar-refractivity contribution < 1.29 is 4.70 Å². The zero-order valence-electron chi connectivity index (χ0n) is 7.47. The molecule has 0 spiro atoms. The average Bonchev–Trinajstić information content (AvgIpc) is 2.04. The maximum Gasteiger partial charge on any atom is -0.0239 e. The van der Waals surface area contributed by atoms with Gasteiger partial charge in [-0.3, -0.25) is 4.70 Å². The van der Waals surface area contributed by atoms with E-state index >= 15 is 0 Å². The van der Waals surface area contributed by atoms with Crippen LogP contribution < -0.4 is 0 Å². The zero-order chi connectivity index (χ0) is 7.68. The molecule has 0 aromatic rings. The Morgan fingerprint density at radius 1 is 1.08 bits per heavy atom. The van der Waals surface area contributed by atoms with E-state index in [1.807, 2.05) is 0 Å². The smallest absolute Gasteiger partial charge is 0.0239 e. The van der Waals surface area contributed by atoms with Gasteiger partial charge in [0.1, 0.15) is 0 Å². The maximum atomic E-state index is 2.38. The van der Waals surface area contributed by atoms with Crippen molar-refractivity contribution in [2.24, 2.45) is 0 Å². The lowest BCUT2D eigenvalue weighted by Crippen LogP contribution is -1.99. The normalized spacial score (nSPS) is 21.2. The van der Waals surface area contributed by atoms with Gasteiger partial charge in [0.15, 0.2) is 0 Å². The van der Waals surface area contributed by atoms with Crippen molar-refractivity contribution in [1.29, 1.82) is 0 Å². The third-order valence-corrected chi connectivity index (χ3v) is 2.52. The molecule has 2 aliphatic rings. The Morgan fingerprint density at radius 3 is 2.75 bits per heavy atom. The summed E-state index contributed by atoms with van der Waals surface area (Å²) in [6.45, 7) is 2.24. The molecular weight excluding hydrogens is 151 g/mol. The molecular formula is C11H15F. The standard InChI is InChI=1S/C11H14.FH/c1-9-6-7-10-4-2-3-5-11(10)8-9;/h2,4,8H,3,5-7H2,1H3;1H. The molecule has 0 saturated carbocycles. The highest BCUT2D eigenvalue weighted by Crippen LogP contribution is 2.30. The molecule has 0 unspecified atom stereocenters. The molecule has 0 fully saturated rings. The second kappa shape index (κ2) is 3.70. The highest BCUT2D eigenvalue weighted by atomic mass is 19.0. The van der Waals surface area contributed by atoms with Gasteiger partial charge in [-0.15, -0.1) is 0 Å². The Hall–Kier alpha value is -0.850. The summed E-state index contributed by atoms with van der Waals surface area (Å²) in [6, 6.07) is 0. The van der Waals surface area contributed by atoms with Gasteiger partial charge in [0, 0.05) is 0 Å². The molecule has 0 aromatic carbocycles. The maximum absolute atomic E-state index is 2.38. The molecule has 0 aromatic heterocycles. The Bertz CT molecular complexity index is 256. The molecule has 0 heterocycles. The quantitative estimate of drug-likeness (QED) is 0.516. The second-order valence-corrected chi connectivity index (χ2v) is 3.48. The number of rotatable bonds is 0. The van der Waals surface area contributed by atoms with Crippen LogP contribution in [0.1, 0.15) is 32.6 Å². The monoisotopic (exact) mass is 166 g/mol. The van der Waals surface area contributed by atoms with Gasteiger partial charge in [-0.05, 0) is 43.8 Å². The van der Waals surface area contributed by atoms with Gasteiger partial charge < -0.3 is 0 Å². The Morgan fingerprint density at radius 2 is 1.92 bits per heavy atom. The Labute approximate surface area is 73.0 Å². The van der Waals surface area contributed by atoms with Gasteiger partial charge in [0.25, 0.3) is 0 Å². The topological polar surface area (TPSA) is 0 Å². The predicted octanol–water partition coefficient (Wildman–Crippen LogP) is 3.53. The van der Waals surface area contributed by atoms with E-state index in [4.69, 9.17) is 0 Å². The minimum atomic E-state index is 0. The molecule has 0 amide bonds. The minimum absolute atomic E-state index is 0. The molecule has 0 bridgehead atoms. The molecule has 66 valence electrons. The van der Waals surface area contributed by atoms with Crippen LogP contribution >= 0.6 is 0 Å². The van der Waals surface area contributed by atoms with Crippen LogP contribution in [0.4, 0.5) is 4.70 Å². The van der Waals surface area contributed by atoms with Gasteiger partial charge in [0.2, 0.25) is 0 Å². The number of hydrogen-bond donors (Lipinski definition) is 0. The molecule has 0 radical (unpaired) electrons. The zero-order valence-corrected chi connectivity index (χ0v) is 7.47. The van der Waals surface area contributed by atoms with E-state index in [1.54, 1.807) is 16.7 Å². The molecule has 1 heteroatoms. The van der Waals surface area contributed by atoms with Gasteiger partial charge in [-0.25, -0.2) is 0 Å². The van der Waals surface area contributed by atoms with E-state index in [2.05, 4.69) is 25.2 Å². The van der Waals surface area contributed by atoms with Crippen molar-refractivity contribution in [2.75, 3.05) is 0 Å². The largest absolute Gasteiger partial charge is 0.269 e. The molecule has 0 nitrogen and oxygen atoms in total. The summed E-state index contributed by atoms with van der Waals surface area (Å²) in [5.41, 5.74) is 4.73. The summed E-state index contributed by atoms with van der Waals surface area (Å²) in [5.74, 6) is 0. The average molecular weight is 166 g/mol. The molecule has 12 heavy (non-hydrogen) atoms. The van der Waals surface area contributed by atoms with Crippen LogP contribution in [-0.4, -0.2) is 0 Å². The van der Waals surface area contributed by atoms with Crippen molar-refractivity contribution in [3.63, 3.8) is 0 Å². The molecule has 2 aliphatic carbocycles. The first-order chi connectivity index (χ1) is 5.36. The van der Waals surface area contributed by atoms with E-state index in [9.17, 15) is 0 Å². The number of hydrogen-bond acceptors (Lipinski definition) is 0. The molecule has 0 aliphatic heterocycles. The summed E-state index contributed by atoms with van der Waals surface area (Å²) in [7, 11) is 0. The first kappa shape index (κ1) is 9.24. The van der Waals surface area contributed by atoms with Crippen LogP contribution in [0.2, 0.25) is 0 Å². The number of halogens is 1. The Kier molecular flexibility index (Phi) is 2.85. The van der Waals surface area contributed by atoms with Gasteiger partial charge in [-0.1, -0.05) is 23.8 Å². The third kappa shape index (κ3) is 1.66. The first-order valence-corrected chi connectivity index (χ1v) is 4.42. The lowest BCUT2D eigenvalue weighted by molar-refractivity contribution is 0.852. The van der Waals surface area contributed by atoms with Crippen molar-refractivity contribution in [3.05, 3.63) is 34.9 Å². The highest BCUT2D eigenvalue weighted by molar-refractivity contribution is 5.40. The van der Waals surface area contributed by atoms with E-state index in [0.29, 0.717) is 0 Å². The third-order valence-electron chi connectivity index (χ3n) is 2.52. The van der Waals surface area contributed by atoms with Crippen LogP contribution in [0.5, 0.6) is 0 Å². The van der Waals surface area contributed by atoms with Crippen LogP contribution in [0.3, 0.4) is 0 Å². The van der Waals surface area contributed by atoms with Crippen molar-refractivity contribution in [3.8, 4) is 0 Å². The summed E-state index contributed by atoms with van der Waals surface area (Å²) >= 11 is 0. The van der Waals surface area contributed by atoms with E-state index < -0.39 is 0 Å². The first-order valence-electron chi connectivity index (χ1n) is 4.42. The molecule has 2 rings (SSSR count). The predicted molar refractivity (Wildman–Crippen MR) is 50.9 cm³/mol. The summed E-state index contributed by atoms with van der Waals surface area (Å²) < 4.78 is 0. The summed E-state index contributed by atoms with van der Waals surface area (Å²) in [5, 5.41) is 0. The lowest BCUT2D eigenvalue weighted by atomic mass is 9.87. The SMILES string of the molecule is CC1=CC2=C(C=CCC2)CC1.F. The van der Waals surface area contributed by atoms with E-state index in [1.165, 1.54) is 25.7 Å². The van der Waals surface area contributed by atoms with E-state index in [0.717, 1.165) is 0 Å². The minimum Gasteiger partial charge on any atom is -0.269 e. The fraction of sp³-hybridized carbons (Fsp3) is 0.455. The van der Waals surface area contributed by atoms with Gasteiger partial charge in [0.05, 0.1) is 0 Å². The fourth-order valence-corrected chi connectivity index (χ4v) is 1.84. The molecule has 0 N–H and O–H groups in total. The van der Waals surface area contributed by atoms with E-state index in [-0.39, 0.29) is 4.70 Å². The Balaban J connectivity index is 0.000000720. The van der Waals surface area contributed by atoms with Crippen molar-refractivity contribution >= 4 is 0 Å². The highest BCUT2D eigenvalue weighted by Gasteiger charge is 2.10. The van der Waals surface area contributed by atoms with Gasteiger partial charge >= 0.3 is 0 Å². The van der Waals surface area contributed by atoms with Crippen LogP contribution in [-0.2, 0) is 0 Å². The number of allylic oxidation sites excluding steroid dienone is 6. The molecule has 0 atom stereocenters. The molecule has 0 saturated heterocycles. The van der Waals surface area contributed by atoms with Crippen LogP contribution in [0, 0.1) is 0 Å². The fourth-order valence-electron chi connectivity index (χ4n) is 1.84. The van der Waals surface area contributed by atoms with Crippen molar-refractivity contribution in [1.82, 2.24) is 0 Å².